The lowest BCUT2D eigenvalue weighted by molar-refractivity contribution is -0.417. The molecule has 92 heavy (non-hydrogen) atoms. The van der Waals surface area contributed by atoms with Crippen LogP contribution < -0.4 is 0 Å². The Morgan fingerprint density at radius 1 is 0.413 bits per heavy atom. The quantitative estimate of drug-likeness (QED) is 0.0687. The van der Waals surface area contributed by atoms with Crippen LogP contribution in [0.1, 0.15) is 106 Å². The highest BCUT2D eigenvalue weighted by atomic mass is 16.8. The molecule has 8 heterocycles. The van der Waals surface area contributed by atoms with E-state index in [9.17, 15) is 81.7 Å². The molecule has 30 heteroatoms. The van der Waals surface area contributed by atoms with Gasteiger partial charge in [-0.2, -0.15) is 0 Å². The zero-order chi connectivity index (χ0) is 65.9. The van der Waals surface area contributed by atoms with Gasteiger partial charge in [0.1, 0.15) is 128 Å². The maximum Gasteiger partial charge on any atom is 0.187 e. The molecule has 0 unspecified atom stereocenters. The third-order valence-corrected chi connectivity index (χ3v) is 24.2. The first-order valence-electron chi connectivity index (χ1n) is 33.5. The molecular weight excluding hydrogens is 1220 g/mol. The molecule has 30 nitrogen and oxygen atoms in total. The molecule has 12 aliphatic rings. The van der Waals surface area contributed by atoms with Crippen LogP contribution in [-0.4, -0.2) is 311 Å². The molecule has 0 radical (unpaired) electrons. The zero-order valence-electron chi connectivity index (χ0n) is 52.9. The van der Waals surface area contributed by atoms with E-state index in [0.717, 1.165) is 51.4 Å². The summed E-state index contributed by atoms with van der Waals surface area (Å²) >= 11 is 0. The number of rotatable bonds is 15. The van der Waals surface area contributed by atoms with E-state index in [1.54, 1.807) is 0 Å². The van der Waals surface area contributed by atoms with Crippen LogP contribution in [0.25, 0.3) is 0 Å². The summed E-state index contributed by atoms with van der Waals surface area (Å²) in [6, 6.07) is 0. The van der Waals surface area contributed by atoms with Crippen molar-refractivity contribution < 1.29 is 148 Å². The maximum atomic E-state index is 12.5. The van der Waals surface area contributed by atoms with E-state index in [2.05, 4.69) is 27.7 Å². The topological polar surface area (TPSA) is 453 Å². The van der Waals surface area contributed by atoms with Gasteiger partial charge in [0.15, 0.2) is 43.5 Å². The van der Waals surface area contributed by atoms with Gasteiger partial charge in [0.05, 0.1) is 57.5 Å². The van der Waals surface area contributed by atoms with E-state index < -0.39 is 216 Å². The number of hydrogen-bond acceptors (Lipinski definition) is 30. The molecule has 12 fully saturated rings. The van der Waals surface area contributed by atoms with Gasteiger partial charge < -0.3 is 148 Å². The minimum absolute atomic E-state index is 0.0740. The first-order chi connectivity index (χ1) is 43.7. The lowest BCUT2D eigenvalue weighted by Crippen LogP contribution is -2.69. The summed E-state index contributed by atoms with van der Waals surface area (Å²) in [5, 5.41) is 177. The molecule has 0 bridgehead atoms. The molecule has 41 atom stereocenters. The molecule has 0 aromatic rings. The molecule has 4 aliphatic carbocycles. The van der Waals surface area contributed by atoms with E-state index in [1.807, 2.05) is 0 Å². The Hall–Kier alpha value is -1.20. The van der Waals surface area contributed by atoms with Crippen molar-refractivity contribution in [2.75, 3.05) is 33.0 Å². The van der Waals surface area contributed by atoms with Gasteiger partial charge in [-0.15, -0.1) is 0 Å². The Kier molecular flexibility index (Phi) is 21.3. The molecular formula is C62H102O30. The monoisotopic (exact) mass is 1330 g/mol. The first-order valence-corrected chi connectivity index (χ1v) is 33.5. The molecule has 0 aromatic heterocycles. The zero-order valence-corrected chi connectivity index (χ0v) is 52.9. The van der Waals surface area contributed by atoms with Crippen molar-refractivity contribution in [1.82, 2.24) is 0 Å². The van der Waals surface area contributed by atoms with E-state index >= 15 is 0 Å². The predicted molar refractivity (Wildman–Crippen MR) is 305 cm³/mol. The lowest BCUT2D eigenvalue weighted by Gasteiger charge is -2.61. The lowest BCUT2D eigenvalue weighted by atomic mass is 9.44. The molecule has 12 rings (SSSR count). The average Bonchev–Trinajstić information content (AvgIpc) is 1.50. The smallest absolute Gasteiger partial charge is 0.187 e. The fraction of sp³-hybridized carbons (Fsp3) is 1.00. The van der Waals surface area contributed by atoms with E-state index in [0.29, 0.717) is 49.0 Å². The highest BCUT2D eigenvalue weighted by Crippen LogP contribution is 2.71. The Bertz CT molecular complexity index is 2430. The molecule has 1 spiro atoms. The van der Waals surface area contributed by atoms with E-state index in [4.69, 9.17) is 66.3 Å². The van der Waals surface area contributed by atoms with Crippen LogP contribution in [0.4, 0.5) is 0 Å². The highest BCUT2D eigenvalue weighted by Gasteiger charge is 2.70. The Morgan fingerprint density at radius 2 is 0.935 bits per heavy atom. The summed E-state index contributed by atoms with van der Waals surface area (Å²) in [7, 11) is 0. The molecule has 16 N–H and O–H groups in total. The average molecular weight is 1330 g/mol. The molecule has 530 valence electrons. The van der Waals surface area contributed by atoms with Crippen LogP contribution in [0.2, 0.25) is 0 Å². The minimum Gasteiger partial charge on any atom is -0.394 e. The molecule has 4 saturated carbocycles. The first kappa shape index (κ1) is 70.7. The second-order valence-corrected chi connectivity index (χ2v) is 29.5. The summed E-state index contributed by atoms with van der Waals surface area (Å²) in [6.07, 6.45) is -43.4. The molecule has 0 amide bonds. The third kappa shape index (κ3) is 12.5. The van der Waals surface area contributed by atoms with Gasteiger partial charge >= 0.3 is 0 Å². The summed E-state index contributed by atoms with van der Waals surface area (Å²) in [5.41, 5.74) is 0.0267. The van der Waals surface area contributed by atoms with Crippen molar-refractivity contribution in [2.45, 2.75) is 302 Å². The van der Waals surface area contributed by atoms with Gasteiger partial charge in [0, 0.05) is 12.3 Å². The number of hydrogen-bond donors (Lipinski definition) is 16. The number of aliphatic hydroxyl groups is 16. The number of ether oxygens (including phenoxy) is 14. The van der Waals surface area contributed by atoms with Gasteiger partial charge in [-0.3, -0.25) is 0 Å². The van der Waals surface area contributed by atoms with Crippen molar-refractivity contribution in [3.63, 3.8) is 0 Å². The third-order valence-electron chi connectivity index (χ3n) is 24.2. The van der Waals surface area contributed by atoms with Crippen LogP contribution >= 0.6 is 0 Å². The van der Waals surface area contributed by atoms with Crippen molar-refractivity contribution in [3.8, 4) is 0 Å². The fourth-order valence-corrected chi connectivity index (χ4v) is 18.7. The maximum absolute atomic E-state index is 12.5. The highest BCUT2D eigenvalue weighted by molar-refractivity contribution is 5.16. The van der Waals surface area contributed by atoms with Crippen molar-refractivity contribution in [2.24, 2.45) is 52.3 Å². The van der Waals surface area contributed by atoms with Gasteiger partial charge in [-0.25, -0.2) is 0 Å². The Balaban J connectivity index is 0.835. The van der Waals surface area contributed by atoms with Gasteiger partial charge in [0.2, 0.25) is 0 Å². The largest absolute Gasteiger partial charge is 0.394 e. The minimum atomic E-state index is -2.09. The van der Waals surface area contributed by atoms with Crippen molar-refractivity contribution >= 4 is 0 Å². The van der Waals surface area contributed by atoms with E-state index in [-0.39, 0.29) is 28.8 Å². The van der Waals surface area contributed by atoms with E-state index in [1.165, 1.54) is 13.8 Å². The number of aliphatic hydroxyl groups excluding tert-OH is 16. The van der Waals surface area contributed by atoms with Crippen molar-refractivity contribution in [1.29, 1.82) is 0 Å². The predicted octanol–water partition coefficient (Wildman–Crippen LogP) is -4.57. The van der Waals surface area contributed by atoms with Crippen LogP contribution in [0.3, 0.4) is 0 Å². The van der Waals surface area contributed by atoms with Gasteiger partial charge in [-0.1, -0.05) is 27.7 Å². The second-order valence-electron chi connectivity index (χ2n) is 29.5. The Labute approximate surface area is 533 Å². The Morgan fingerprint density at radius 3 is 1.55 bits per heavy atom. The van der Waals surface area contributed by atoms with Gasteiger partial charge in [-0.05, 0) is 118 Å². The second kappa shape index (κ2) is 27.7. The molecule has 8 saturated heterocycles. The van der Waals surface area contributed by atoms with Crippen molar-refractivity contribution in [3.05, 3.63) is 0 Å². The van der Waals surface area contributed by atoms with Gasteiger partial charge in [0.25, 0.3) is 0 Å². The summed E-state index contributed by atoms with van der Waals surface area (Å²) < 4.78 is 88.2. The summed E-state index contributed by atoms with van der Waals surface area (Å²) in [6.45, 7) is 9.79. The standard InChI is InChI=1S/C62H102O30/c1-22-9-14-62(80-20-22)23(2)36-32(92-62)16-30-28-8-7-26-15-27(10-12-60(26,5)29(28)11-13-61(30,36)6)83-58-52(90-56-48(78)44(74)49(25(4)82-56)87-54-45(75)38(68)31(66)21-79-54)51(41(71)34(18-64)85-58)89-59-53(91-55-46(76)42(72)37(67)24(3)81-55)50(40(70)35(19-65)86-59)88-57-47(77)43(73)39(69)33(17-63)84-57/h22-59,63-78H,7-21H2,1-6H3/t22-,23+,24+,25+,26+,27+,28-,29+,30+,31-,32+,33-,34-,35-,36+,37+,38+,39-,40-,41-,42-,43+,44+,45-,46-,47-,48-,49+,50+,51+,52-,53-,54+,55+,56+,57+,58-,59+,60+,61+,62-/m1/s1. The summed E-state index contributed by atoms with van der Waals surface area (Å²) in [4.78, 5) is 0. The summed E-state index contributed by atoms with van der Waals surface area (Å²) in [5.74, 6) is 2.24. The van der Waals surface area contributed by atoms with Crippen LogP contribution in [-0.2, 0) is 66.3 Å². The molecule has 8 aliphatic heterocycles. The van der Waals surface area contributed by atoms with Crippen LogP contribution in [0.5, 0.6) is 0 Å². The SMILES string of the molecule is C[C@@H]1CC[C@@]2(OC1)O[C@H]1C[C@H]3[C@@H]4CC[C@H]5C[C@@H](O[C@@H]6O[C@H](CO)[C@@H](O)[C@H](O[C@@H]7O[C@H](CO)[C@@H](O)[C@H](O[C@@H]8O[C@H](CO)[C@@H](O)[C@H](O)[C@H]8O)[C@H]7O[C@@H]7O[C@@H](C)[C@H](O)[C@@H](O)[C@H]7O)[C@H]6O[C@@H]6O[C@@H](C)[C@H](O[C@@H]7OC[C@@H](O)[C@H](O)[C@H]7O)[C@@H](O)[C@H]6O)CC[C@]5(C)[C@H]4CC[C@]3(C)[C@H]1[C@@H]2C. The van der Waals surface area contributed by atoms with Crippen LogP contribution in [0.15, 0.2) is 0 Å². The van der Waals surface area contributed by atoms with Crippen LogP contribution in [0, 0.1) is 52.3 Å². The number of fused-ring (bicyclic) bond motifs is 7. The molecule has 0 aromatic carbocycles. The fourth-order valence-electron chi connectivity index (χ4n) is 18.7. The normalized spacial score (nSPS) is 58.0.